The molecule has 0 aliphatic heterocycles. The fourth-order valence-electron chi connectivity index (χ4n) is 2.23. The van der Waals surface area contributed by atoms with Crippen LogP contribution in [0.1, 0.15) is 5.56 Å². The summed E-state index contributed by atoms with van der Waals surface area (Å²) in [5, 5.41) is 6.08. The molecule has 0 unspecified atom stereocenters. The van der Waals surface area contributed by atoms with Crippen molar-refractivity contribution in [3.05, 3.63) is 83.0 Å². The molecule has 0 atom stereocenters. The third-order valence-corrected chi connectivity index (χ3v) is 4.08. The van der Waals surface area contributed by atoms with Crippen molar-refractivity contribution in [2.75, 3.05) is 10.6 Å². The van der Waals surface area contributed by atoms with E-state index in [1.54, 1.807) is 12.3 Å². The Hall–Kier alpha value is -2.66. The molecular weight excluding hydrogens is 366 g/mol. The number of nitrogens with zero attached hydrogens (tertiary/aromatic N) is 1. The first-order chi connectivity index (χ1) is 11.7. The summed E-state index contributed by atoms with van der Waals surface area (Å²) in [6.07, 6.45) is 2.02. The lowest BCUT2D eigenvalue weighted by molar-refractivity contribution is -0.115. The van der Waals surface area contributed by atoms with Gasteiger partial charge in [0, 0.05) is 4.47 Å². The van der Waals surface area contributed by atoms with Gasteiger partial charge in [0.15, 0.2) is 0 Å². The molecule has 120 valence electrons. The number of carbonyl (C=O) groups excluding carboxylic acids is 1. The first-order valence-corrected chi connectivity index (χ1v) is 8.31. The average molecular weight is 382 g/mol. The number of amides is 1. The highest BCUT2D eigenvalue weighted by Crippen LogP contribution is 2.25. The maximum Gasteiger partial charge on any atom is 0.229 e. The zero-order valence-corrected chi connectivity index (χ0v) is 14.5. The minimum absolute atomic E-state index is 0.0831. The van der Waals surface area contributed by atoms with Crippen LogP contribution >= 0.6 is 15.9 Å². The molecule has 3 rings (SSSR count). The number of hydrogen-bond donors (Lipinski definition) is 2. The highest BCUT2D eigenvalue weighted by molar-refractivity contribution is 9.10. The van der Waals surface area contributed by atoms with Gasteiger partial charge in [-0.3, -0.25) is 4.79 Å². The zero-order valence-electron chi connectivity index (χ0n) is 12.9. The summed E-state index contributed by atoms with van der Waals surface area (Å²) in [4.78, 5) is 16.3. The summed E-state index contributed by atoms with van der Waals surface area (Å²) in [5.74, 6) is 0.453. The summed E-state index contributed by atoms with van der Waals surface area (Å²) in [6.45, 7) is 0. The number of anilines is 3. The van der Waals surface area contributed by atoms with E-state index in [-0.39, 0.29) is 5.91 Å². The van der Waals surface area contributed by atoms with Crippen LogP contribution in [-0.4, -0.2) is 10.9 Å². The number of hydrogen-bond acceptors (Lipinski definition) is 3. The predicted octanol–water partition coefficient (Wildman–Crippen LogP) is 4.77. The molecule has 1 amide bonds. The molecule has 2 N–H and O–H groups in total. The molecule has 0 fully saturated rings. The fraction of sp³-hybridized carbons (Fsp3) is 0.0526. The molecule has 0 radical (unpaired) electrons. The lowest BCUT2D eigenvalue weighted by Crippen LogP contribution is -2.15. The van der Waals surface area contributed by atoms with E-state index < -0.39 is 0 Å². The van der Waals surface area contributed by atoms with Crippen molar-refractivity contribution in [3.8, 4) is 0 Å². The molecule has 24 heavy (non-hydrogen) atoms. The van der Waals surface area contributed by atoms with E-state index in [0.29, 0.717) is 12.2 Å². The number of para-hydroxylation sites is 1. The van der Waals surface area contributed by atoms with E-state index in [2.05, 4.69) is 31.5 Å². The Bertz CT molecular complexity index is 820. The standard InChI is InChI=1S/C19H16BrN3O/c20-16-8-4-5-9-17(16)22-15-10-11-18(21-13-15)23-19(24)12-14-6-2-1-3-7-14/h1-11,13,22H,12H2,(H,21,23,24). The summed E-state index contributed by atoms with van der Waals surface area (Å²) < 4.78 is 0.977. The third-order valence-electron chi connectivity index (χ3n) is 3.39. The highest BCUT2D eigenvalue weighted by atomic mass is 79.9. The van der Waals surface area contributed by atoms with Crippen LogP contribution in [0.4, 0.5) is 17.2 Å². The quantitative estimate of drug-likeness (QED) is 0.669. The van der Waals surface area contributed by atoms with E-state index >= 15 is 0 Å². The summed E-state index contributed by atoms with van der Waals surface area (Å²) in [6, 6.07) is 21.1. The van der Waals surface area contributed by atoms with Crippen molar-refractivity contribution in [1.82, 2.24) is 4.98 Å². The average Bonchev–Trinajstić information content (AvgIpc) is 2.59. The topological polar surface area (TPSA) is 54.0 Å². The lowest BCUT2D eigenvalue weighted by atomic mass is 10.1. The second-order valence-electron chi connectivity index (χ2n) is 5.25. The van der Waals surface area contributed by atoms with Crippen LogP contribution in [-0.2, 0) is 11.2 Å². The molecule has 0 aliphatic rings. The van der Waals surface area contributed by atoms with Gasteiger partial charge in [0.05, 0.1) is 24.0 Å². The van der Waals surface area contributed by atoms with E-state index in [1.165, 1.54) is 0 Å². The molecule has 0 saturated heterocycles. The van der Waals surface area contributed by atoms with Gasteiger partial charge in [-0.15, -0.1) is 0 Å². The van der Waals surface area contributed by atoms with E-state index in [1.807, 2.05) is 60.7 Å². The number of carbonyl (C=O) groups is 1. The van der Waals surface area contributed by atoms with Crippen LogP contribution in [0.2, 0.25) is 0 Å². The highest BCUT2D eigenvalue weighted by Gasteiger charge is 2.05. The number of rotatable bonds is 5. The summed E-state index contributed by atoms with van der Waals surface area (Å²) >= 11 is 3.49. The molecule has 4 nitrogen and oxygen atoms in total. The minimum atomic E-state index is -0.0831. The Kier molecular flexibility index (Phi) is 5.23. The van der Waals surface area contributed by atoms with Crippen molar-refractivity contribution in [2.45, 2.75) is 6.42 Å². The Balaban J connectivity index is 1.60. The van der Waals surface area contributed by atoms with E-state index in [0.717, 1.165) is 21.4 Å². The number of halogens is 1. The molecule has 2 aromatic carbocycles. The monoisotopic (exact) mass is 381 g/mol. The van der Waals surface area contributed by atoms with Gasteiger partial charge in [0.25, 0.3) is 0 Å². The van der Waals surface area contributed by atoms with Crippen LogP contribution in [0.25, 0.3) is 0 Å². The van der Waals surface area contributed by atoms with Gasteiger partial charge >= 0.3 is 0 Å². The zero-order chi connectivity index (χ0) is 16.8. The maximum absolute atomic E-state index is 12.0. The van der Waals surface area contributed by atoms with Gasteiger partial charge in [-0.25, -0.2) is 4.98 Å². The lowest BCUT2D eigenvalue weighted by Gasteiger charge is -2.09. The van der Waals surface area contributed by atoms with Crippen molar-refractivity contribution >= 4 is 39.0 Å². The van der Waals surface area contributed by atoms with E-state index in [9.17, 15) is 4.79 Å². The van der Waals surface area contributed by atoms with Gasteiger partial charge < -0.3 is 10.6 Å². The van der Waals surface area contributed by atoms with Gasteiger partial charge in [-0.2, -0.15) is 0 Å². The van der Waals surface area contributed by atoms with E-state index in [4.69, 9.17) is 0 Å². The van der Waals surface area contributed by atoms with Crippen molar-refractivity contribution < 1.29 is 4.79 Å². The minimum Gasteiger partial charge on any atom is -0.353 e. The van der Waals surface area contributed by atoms with Crippen LogP contribution in [0.5, 0.6) is 0 Å². The second kappa shape index (κ2) is 7.75. The van der Waals surface area contributed by atoms with Crippen molar-refractivity contribution in [1.29, 1.82) is 0 Å². The molecule has 0 bridgehead atoms. The number of aromatic nitrogens is 1. The van der Waals surface area contributed by atoms with Crippen LogP contribution in [0.3, 0.4) is 0 Å². The van der Waals surface area contributed by atoms with Gasteiger partial charge in [-0.1, -0.05) is 42.5 Å². The first kappa shape index (κ1) is 16.2. The third kappa shape index (κ3) is 4.43. The smallest absolute Gasteiger partial charge is 0.229 e. The summed E-state index contributed by atoms with van der Waals surface area (Å²) in [5.41, 5.74) is 2.78. The Morgan fingerprint density at radius 3 is 2.42 bits per heavy atom. The molecule has 0 saturated carbocycles. The molecule has 3 aromatic rings. The predicted molar refractivity (Wildman–Crippen MR) is 100 cm³/mol. The van der Waals surface area contributed by atoms with Gasteiger partial charge in [-0.05, 0) is 45.8 Å². The Morgan fingerprint density at radius 1 is 0.958 bits per heavy atom. The maximum atomic E-state index is 12.0. The Morgan fingerprint density at radius 2 is 1.71 bits per heavy atom. The van der Waals surface area contributed by atoms with Crippen LogP contribution in [0.15, 0.2) is 77.4 Å². The van der Waals surface area contributed by atoms with Crippen LogP contribution in [0, 0.1) is 0 Å². The number of nitrogens with one attached hydrogen (secondary N) is 2. The Labute approximate surface area is 149 Å². The van der Waals surface area contributed by atoms with Crippen molar-refractivity contribution in [2.24, 2.45) is 0 Å². The fourth-order valence-corrected chi connectivity index (χ4v) is 2.61. The molecule has 0 spiro atoms. The normalized spacial score (nSPS) is 10.2. The van der Waals surface area contributed by atoms with Crippen LogP contribution < -0.4 is 10.6 Å². The van der Waals surface area contributed by atoms with Gasteiger partial charge in [0.2, 0.25) is 5.91 Å². The molecule has 5 heteroatoms. The first-order valence-electron chi connectivity index (χ1n) is 7.52. The molecule has 1 aromatic heterocycles. The molecule has 0 aliphatic carbocycles. The number of benzene rings is 2. The number of pyridine rings is 1. The van der Waals surface area contributed by atoms with Gasteiger partial charge in [0.1, 0.15) is 5.82 Å². The second-order valence-corrected chi connectivity index (χ2v) is 6.10. The van der Waals surface area contributed by atoms with Crippen molar-refractivity contribution in [3.63, 3.8) is 0 Å². The largest absolute Gasteiger partial charge is 0.353 e. The molecular formula is C19H16BrN3O. The SMILES string of the molecule is O=C(Cc1ccccc1)Nc1ccc(Nc2ccccc2Br)cn1. The summed E-state index contributed by atoms with van der Waals surface area (Å²) in [7, 11) is 0. The molecule has 1 heterocycles.